The van der Waals surface area contributed by atoms with Crippen molar-refractivity contribution in [2.24, 2.45) is 0 Å². The largest absolute Gasteiger partial charge is 0.494 e. The van der Waals surface area contributed by atoms with Gasteiger partial charge < -0.3 is 10.1 Å². The number of nitrogens with one attached hydrogen (secondary N) is 1. The summed E-state index contributed by atoms with van der Waals surface area (Å²) in [6, 6.07) is 4.95. The number of nitrogens with zero attached hydrogens (tertiary/aromatic N) is 2. The van der Waals surface area contributed by atoms with Gasteiger partial charge in [-0.3, -0.25) is 0 Å². The highest BCUT2D eigenvalue weighted by atomic mass is 32.2. The van der Waals surface area contributed by atoms with Crippen LogP contribution in [0.15, 0.2) is 22.5 Å². The van der Waals surface area contributed by atoms with E-state index in [1.165, 1.54) is 36.3 Å². The minimum absolute atomic E-state index is 0.261. The average Bonchev–Trinajstić information content (AvgIpc) is 2.84. The molecule has 0 amide bonds. The summed E-state index contributed by atoms with van der Waals surface area (Å²) in [5, 5.41) is 11.6. The fraction of sp³-hybridized carbons (Fsp3) is 0.273. The van der Waals surface area contributed by atoms with Crippen LogP contribution < -0.4 is 10.1 Å². The fourth-order valence-corrected chi connectivity index (χ4v) is 2.96. The Morgan fingerprint density at radius 3 is 2.89 bits per heavy atom. The van der Waals surface area contributed by atoms with Crippen molar-refractivity contribution >= 4 is 28.2 Å². The Hall–Kier alpha value is -1.34. The van der Waals surface area contributed by atoms with Gasteiger partial charge in [-0.25, -0.2) is 4.39 Å². The number of anilines is 1. The lowest BCUT2D eigenvalue weighted by atomic mass is 10.2. The van der Waals surface area contributed by atoms with E-state index in [0.717, 1.165) is 15.0 Å². The molecule has 0 unspecified atom stereocenters. The Bertz CT molecular complexity index is 533. The second-order valence-corrected chi connectivity index (χ2v) is 5.58. The van der Waals surface area contributed by atoms with E-state index < -0.39 is 0 Å². The van der Waals surface area contributed by atoms with Crippen LogP contribution in [0.3, 0.4) is 0 Å². The van der Waals surface area contributed by atoms with Gasteiger partial charge in [-0.1, -0.05) is 29.2 Å². The molecule has 2 aromatic rings. The third-order valence-corrected chi connectivity index (χ3v) is 4.34. The molecular weight excluding hydrogens is 273 g/mol. The molecule has 4 nitrogen and oxygen atoms in total. The van der Waals surface area contributed by atoms with Gasteiger partial charge in [-0.15, -0.1) is 10.2 Å². The van der Waals surface area contributed by atoms with Crippen LogP contribution in [-0.4, -0.2) is 24.4 Å². The molecule has 1 aromatic carbocycles. The molecule has 0 fully saturated rings. The summed E-state index contributed by atoms with van der Waals surface area (Å²) in [5.74, 6) is 0.570. The quantitative estimate of drug-likeness (QED) is 0.856. The summed E-state index contributed by atoms with van der Waals surface area (Å²) >= 11 is 3.00. The SMILES string of the molecule is CNc1nnc(SCc2ccc(OC)c(F)c2)s1. The number of halogens is 1. The lowest BCUT2D eigenvalue weighted by Crippen LogP contribution is -1.89. The molecule has 1 aromatic heterocycles. The Kier molecular flexibility index (Phi) is 4.38. The number of thioether (sulfide) groups is 1. The number of aromatic nitrogens is 2. The predicted molar refractivity (Wildman–Crippen MR) is 72.0 cm³/mol. The van der Waals surface area contributed by atoms with E-state index in [0.29, 0.717) is 5.75 Å². The van der Waals surface area contributed by atoms with E-state index in [-0.39, 0.29) is 11.6 Å². The maximum Gasteiger partial charge on any atom is 0.206 e. The summed E-state index contributed by atoms with van der Waals surface area (Å²) in [5.41, 5.74) is 0.888. The second kappa shape index (κ2) is 6.01. The minimum Gasteiger partial charge on any atom is -0.494 e. The second-order valence-electron chi connectivity index (χ2n) is 3.38. The van der Waals surface area contributed by atoms with Crippen molar-refractivity contribution in [3.05, 3.63) is 29.6 Å². The molecule has 1 heterocycles. The van der Waals surface area contributed by atoms with E-state index in [4.69, 9.17) is 4.74 Å². The van der Waals surface area contributed by atoms with Crippen LogP contribution in [0.25, 0.3) is 0 Å². The highest BCUT2D eigenvalue weighted by Gasteiger charge is 2.06. The maximum atomic E-state index is 13.5. The van der Waals surface area contributed by atoms with Crippen LogP contribution in [-0.2, 0) is 5.75 Å². The monoisotopic (exact) mass is 285 g/mol. The van der Waals surface area contributed by atoms with Crippen molar-refractivity contribution in [3.63, 3.8) is 0 Å². The van der Waals surface area contributed by atoms with Gasteiger partial charge in [0.1, 0.15) is 0 Å². The van der Waals surface area contributed by atoms with E-state index in [2.05, 4.69) is 15.5 Å². The van der Waals surface area contributed by atoms with Crippen molar-refractivity contribution in [2.45, 2.75) is 10.1 Å². The van der Waals surface area contributed by atoms with Crippen molar-refractivity contribution in [1.29, 1.82) is 0 Å². The summed E-state index contributed by atoms with van der Waals surface area (Å²) < 4.78 is 19.2. The van der Waals surface area contributed by atoms with Gasteiger partial charge in [0.15, 0.2) is 15.9 Å². The number of hydrogen-bond donors (Lipinski definition) is 1. The van der Waals surface area contributed by atoms with Crippen LogP contribution in [0, 0.1) is 5.82 Å². The molecule has 0 atom stereocenters. The molecule has 0 radical (unpaired) electrons. The number of benzene rings is 1. The summed E-state index contributed by atoms with van der Waals surface area (Å²) in [6.45, 7) is 0. The molecule has 0 aliphatic rings. The molecule has 0 bridgehead atoms. The minimum atomic E-state index is -0.344. The van der Waals surface area contributed by atoms with E-state index in [9.17, 15) is 4.39 Å². The highest BCUT2D eigenvalue weighted by molar-refractivity contribution is 8.00. The van der Waals surface area contributed by atoms with Gasteiger partial charge in [-0.05, 0) is 17.7 Å². The maximum absolute atomic E-state index is 13.5. The fourth-order valence-electron chi connectivity index (χ4n) is 1.31. The van der Waals surface area contributed by atoms with Crippen LogP contribution in [0.5, 0.6) is 5.75 Å². The number of methoxy groups -OCH3 is 1. The standard InChI is InChI=1S/C11H12FN3OS2/c1-13-10-14-15-11(18-10)17-6-7-3-4-9(16-2)8(12)5-7/h3-5H,6H2,1-2H3,(H,13,14). The molecule has 96 valence electrons. The average molecular weight is 285 g/mol. The number of hydrogen-bond acceptors (Lipinski definition) is 6. The Balaban J connectivity index is 1.99. The van der Waals surface area contributed by atoms with E-state index >= 15 is 0 Å². The van der Waals surface area contributed by atoms with Crippen LogP contribution in [0.2, 0.25) is 0 Å². The van der Waals surface area contributed by atoms with Crippen LogP contribution >= 0.6 is 23.1 Å². The lowest BCUT2D eigenvalue weighted by Gasteiger charge is -2.03. The molecule has 0 saturated heterocycles. The first-order chi connectivity index (χ1) is 8.72. The third-order valence-electron chi connectivity index (χ3n) is 2.20. The van der Waals surface area contributed by atoms with Crippen molar-refractivity contribution < 1.29 is 9.13 Å². The first-order valence-corrected chi connectivity index (χ1v) is 6.99. The molecular formula is C11H12FN3OS2. The van der Waals surface area contributed by atoms with Gasteiger partial charge in [0.25, 0.3) is 0 Å². The van der Waals surface area contributed by atoms with Gasteiger partial charge in [-0.2, -0.15) is 0 Å². The summed E-state index contributed by atoms with van der Waals surface area (Å²) in [7, 11) is 3.25. The molecule has 0 aliphatic carbocycles. The van der Waals surface area contributed by atoms with E-state index in [1.807, 2.05) is 6.07 Å². The molecule has 0 aliphatic heterocycles. The first kappa shape index (κ1) is 13.1. The Morgan fingerprint density at radius 2 is 2.28 bits per heavy atom. The van der Waals surface area contributed by atoms with Gasteiger partial charge in [0.2, 0.25) is 5.13 Å². The molecule has 1 N–H and O–H groups in total. The lowest BCUT2D eigenvalue weighted by molar-refractivity contribution is 0.386. The topological polar surface area (TPSA) is 47.0 Å². The van der Waals surface area contributed by atoms with Crippen molar-refractivity contribution in [1.82, 2.24) is 10.2 Å². The first-order valence-electron chi connectivity index (χ1n) is 5.19. The zero-order chi connectivity index (χ0) is 13.0. The van der Waals surface area contributed by atoms with Crippen molar-refractivity contribution in [3.8, 4) is 5.75 Å². The summed E-state index contributed by atoms with van der Waals surface area (Å²) in [6.07, 6.45) is 0. The van der Waals surface area contributed by atoms with Crippen LogP contribution in [0.4, 0.5) is 9.52 Å². The van der Waals surface area contributed by atoms with Crippen molar-refractivity contribution in [2.75, 3.05) is 19.5 Å². The smallest absolute Gasteiger partial charge is 0.206 e. The predicted octanol–water partition coefficient (Wildman–Crippen LogP) is 3.02. The summed E-state index contributed by atoms with van der Waals surface area (Å²) in [4.78, 5) is 0. The zero-order valence-electron chi connectivity index (χ0n) is 9.94. The molecule has 0 saturated carbocycles. The number of ether oxygens (including phenoxy) is 1. The normalized spacial score (nSPS) is 10.4. The van der Waals surface area contributed by atoms with Gasteiger partial charge in [0, 0.05) is 12.8 Å². The Morgan fingerprint density at radius 1 is 1.44 bits per heavy atom. The molecule has 0 spiro atoms. The van der Waals surface area contributed by atoms with Gasteiger partial charge in [0.05, 0.1) is 7.11 Å². The van der Waals surface area contributed by atoms with Gasteiger partial charge >= 0.3 is 0 Å². The third kappa shape index (κ3) is 3.11. The zero-order valence-corrected chi connectivity index (χ0v) is 11.6. The van der Waals surface area contributed by atoms with E-state index in [1.54, 1.807) is 13.1 Å². The Labute approximate surface area is 113 Å². The highest BCUT2D eigenvalue weighted by Crippen LogP contribution is 2.29. The molecule has 7 heteroatoms. The molecule has 2 rings (SSSR count). The molecule has 18 heavy (non-hydrogen) atoms. The number of rotatable bonds is 5. The van der Waals surface area contributed by atoms with Crippen LogP contribution in [0.1, 0.15) is 5.56 Å².